The first-order chi connectivity index (χ1) is 15.2. The van der Waals surface area contributed by atoms with E-state index in [0.29, 0.717) is 13.1 Å². The van der Waals surface area contributed by atoms with Gasteiger partial charge in [-0.1, -0.05) is 60.7 Å². The Hall–Kier alpha value is -2.91. The van der Waals surface area contributed by atoms with Gasteiger partial charge < -0.3 is 20.3 Å². The number of carbonyl (C=O) groups excluding carboxylic acids is 2. The second-order valence-corrected chi connectivity index (χ2v) is 9.95. The number of benzene rings is 2. The summed E-state index contributed by atoms with van der Waals surface area (Å²) in [5.41, 5.74) is 1.97. The lowest BCUT2D eigenvalue weighted by atomic mass is 10.2. The molecule has 1 atom stereocenters. The molecule has 2 aromatic carbocycles. The van der Waals surface area contributed by atoms with E-state index in [2.05, 4.69) is 15.5 Å². The van der Waals surface area contributed by atoms with Gasteiger partial charge in [0.05, 0.1) is 5.75 Å². The van der Waals surface area contributed by atoms with Crippen molar-refractivity contribution in [3.8, 4) is 0 Å². The van der Waals surface area contributed by atoms with Crippen LogP contribution in [0.2, 0.25) is 0 Å². The zero-order valence-corrected chi connectivity index (χ0v) is 19.3. The van der Waals surface area contributed by atoms with Gasteiger partial charge in [-0.05, 0) is 24.6 Å². The molecule has 0 bridgehead atoms. The molecular formula is C23H31N3O5S. The highest BCUT2D eigenvalue weighted by molar-refractivity contribution is 7.90. The van der Waals surface area contributed by atoms with Crippen molar-refractivity contribution in [3.05, 3.63) is 71.8 Å². The zero-order valence-electron chi connectivity index (χ0n) is 18.5. The summed E-state index contributed by atoms with van der Waals surface area (Å²) in [5, 5.41) is 5.26. The lowest BCUT2D eigenvalue weighted by Gasteiger charge is -2.20. The number of ether oxygens (including phenoxy) is 1. The van der Waals surface area contributed by atoms with E-state index in [4.69, 9.17) is 4.74 Å². The molecule has 9 heteroatoms. The minimum atomic E-state index is -3.29. The summed E-state index contributed by atoms with van der Waals surface area (Å²) >= 11 is 0. The van der Waals surface area contributed by atoms with Crippen molar-refractivity contribution < 1.29 is 22.7 Å². The zero-order chi connectivity index (χ0) is 23.4. The molecule has 174 valence electrons. The molecule has 8 nitrogen and oxygen atoms in total. The summed E-state index contributed by atoms with van der Waals surface area (Å²) in [7, 11) is -1.35. The number of alkyl carbamates (subject to hydrolysis) is 1. The van der Waals surface area contributed by atoms with Gasteiger partial charge in [0.2, 0.25) is 5.91 Å². The van der Waals surface area contributed by atoms with Gasteiger partial charge in [-0.25, -0.2) is 13.2 Å². The van der Waals surface area contributed by atoms with E-state index in [1.165, 1.54) is 0 Å². The molecule has 0 aliphatic heterocycles. The Morgan fingerprint density at radius 3 is 2.19 bits per heavy atom. The molecule has 0 aromatic heterocycles. The van der Waals surface area contributed by atoms with Gasteiger partial charge in [0.15, 0.2) is 0 Å². The minimum Gasteiger partial charge on any atom is -0.445 e. The van der Waals surface area contributed by atoms with Crippen LogP contribution in [0.25, 0.3) is 0 Å². The van der Waals surface area contributed by atoms with Crippen LogP contribution in [-0.2, 0) is 32.5 Å². The summed E-state index contributed by atoms with van der Waals surface area (Å²) in [5.74, 6) is -0.670. The van der Waals surface area contributed by atoms with Crippen LogP contribution in [0.5, 0.6) is 0 Å². The third-order valence-corrected chi connectivity index (χ3v) is 5.66. The second kappa shape index (κ2) is 12.8. The lowest BCUT2D eigenvalue weighted by Crippen LogP contribution is -2.48. The van der Waals surface area contributed by atoms with Crippen LogP contribution in [0.1, 0.15) is 17.5 Å². The first-order valence-corrected chi connectivity index (χ1v) is 12.4. The predicted octanol–water partition coefficient (Wildman–Crippen LogP) is 1.96. The first-order valence-electron chi connectivity index (χ1n) is 10.4. The van der Waals surface area contributed by atoms with Crippen LogP contribution in [0.15, 0.2) is 60.7 Å². The molecule has 2 rings (SSSR count). The largest absolute Gasteiger partial charge is 0.445 e. The number of hydrogen-bond acceptors (Lipinski definition) is 6. The highest BCUT2D eigenvalue weighted by Crippen LogP contribution is 2.04. The highest BCUT2D eigenvalue weighted by atomic mass is 32.2. The summed E-state index contributed by atoms with van der Waals surface area (Å²) in [6.07, 6.45) is 0.280. The Morgan fingerprint density at radius 2 is 1.59 bits per heavy atom. The van der Waals surface area contributed by atoms with Crippen molar-refractivity contribution in [1.82, 2.24) is 15.5 Å². The highest BCUT2D eigenvalue weighted by Gasteiger charge is 2.23. The van der Waals surface area contributed by atoms with Crippen LogP contribution in [0.4, 0.5) is 4.79 Å². The quantitative estimate of drug-likeness (QED) is 0.501. The summed E-state index contributed by atoms with van der Waals surface area (Å²) in [6, 6.07) is 18.1. The topological polar surface area (TPSA) is 105 Å². The fourth-order valence-corrected chi connectivity index (χ4v) is 3.64. The van der Waals surface area contributed by atoms with Gasteiger partial charge in [-0.3, -0.25) is 4.79 Å². The number of amides is 2. The van der Waals surface area contributed by atoms with Crippen molar-refractivity contribution in [2.45, 2.75) is 25.6 Å². The van der Waals surface area contributed by atoms with E-state index in [1.54, 1.807) is 0 Å². The van der Waals surface area contributed by atoms with Crippen LogP contribution < -0.4 is 10.6 Å². The summed E-state index contributed by atoms with van der Waals surface area (Å²) in [6.45, 7) is 1.74. The summed E-state index contributed by atoms with van der Waals surface area (Å²) in [4.78, 5) is 26.8. The Kier molecular flexibility index (Phi) is 10.2. The molecule has 0 aliphatic carbocycles. The number of rotatable bonds is 12. The number of nitrogens with zero attached hydrogens (tertiary/aromatic N) is 1. The van der Waals surface area contributed by atoms with Crippen molar-refractivity contribution >= 4 is 21.8 Å². The van der Waals surface area contributed by atoms with E-state index < -0.39 is 27.9 Å². The fourth-order valence-electron chi connectivity index (χ4n) is 2.98. The Balaban J connectivity index is 1.84. The smallest absolute Gasteiger partial charge is 0.408 e. The summed E-state index contributed by atoms with van der Waals surface area (Å²) < 4.78 is 28.3. The molecule has 0 fully saturated rings. The monoisotopic (exact) mass is 461 g/mol. The number of sulfone groups is 1. The lowest BCUT2D eigenvalue weighted by molar-refractivity contribution is -0.123. The van der Waals surface area contributed by atoms with Gasteiger partial charge in [0.1, 0.15) is 22.5 Å². The van der Waals surface area contributed by atoms with E-state index in [1.807, 2.05) is 67.7 Å². The van der Waals surface area contributed by atoms with Gasteiger partial charge in [0.25, 0.3) is 0 Å². The third kappa shape index (κ3) is 10.4. The number of carbonyl (C=O) groups is 2. The molecule has 2 N–H and O–H groups in total. The van der Waals surface area contributed by atoms with Crippen LogP contribution >= 0.6 is 0 Å². The minimum absolute atomic E-state index is 0.0367. The molecule has 0 saturated carbocycles. The average molecular weight is 462 g/mol. The molecule has 0 aliphatic rings. The SMILES string of the molecule is CN(CCNC(=O)C(CCS(C)(=O)=O)NC(=O)OCc1ccccc1)Cc1ccccc1. The Labute approximate surface area is 189 Å². The molecule has 0 heterocycles. The van der Waals surface area contributed by atoms with E-state index >= 15 is 0 Å². The molecule has 2 amide bonds. The maximum Gasteiger partial charge on any atom is 0.408 e. The Bertz CT molecular complexity index is 952. The number of likely N-dealkylation sites (N-methyl/N-ethyl adjacent to an activating group) is 1. The average Bonchev–Trinajstić information content (AvgIpc) is 2.76. The second-order valence-electron chi connectivity index (χ2n) is 7.69. The molecule has 0 saturated heterocycles. The van der Waals surface area contributed by atoms with Crippen molar-refractivity contribution in [1.29, 1.82) is 0 Å². The molecule has 0 spiro atoms. The van der Waals surface area contributed by atoms with Crippen molar-refractivity contribution in [2.24, 2.45) is 0 Å². The van der Waals surface area contributed by atoms with Gasteiger partial charge in [-0.15, -0.1) is 0 Å². The van der Waals surface area contributed by atoms with E-state index in [9.17, 15) is 18.0 Å². The maximum atomic E-state index is 12.6. The standard InChI is InChI=1S/C23H31N3O5S/c1-26(17-19-9-5-3-6-10-19)15-14-24-22(27)21(13-16-32(2,29)30)25-23(28)31-18-20-11-7-4-8-12-20/h3-12,21H,13-18H2,1-2H3,(H,24,27)(H,25,28). The number of hydrogen-bond donors (Lipinski definition) is 2. The molecular weight excluding hydrogens is 430 g/mol. The van der Waals surface area contributed by atoms with Crippen molar-refractivity contribution in [2.75, 3.05) is 32.1 Å². The molecule has 32 heavy (non-hydrogen) atoms. The first kappa shape index (κ1) is 25.4. The normalized spacial score (nSPS) is 12.2. The van der Waals surface area contributed by atoms with Gasteiger partial charge in [-0.2, -0.15) is 0 Å². The maximum absolute atomic E-state index is 12.6. The molecule has 0 radical (unpaired) electrons. The van der Waals surface area contributed by atoms with E-state index in [-0.39, 0.29) is 18.8 Å². The fraction of sp³-hybridized carbons (Fsp3) is 0.391. The van der Waals surface area contributed by atoms with Crippen molar-refractivity contribution in [3.63, 3.8) is 0 Å². The van der Waals surface area contributed by atoms with E-state index in [0.717, 1.165) is 23.9 Å². The predicted molar refractivity (Wildman–Crippen MR) is 124 cm³/mol. The third-order valence-electron chi connectivity index (χ3n) is 4.69. The van der Waals surface area contributed by atoms with Gasteiger partial charge >= 0.3 is 6.09 Å². The van der Waals surface area contributed by atoms with Crippen LogP contribution in [0.3, 0.4) is 0 Å². The molecule has 2 aromatic rings. The molecule has 1 unspecified atom stereocenters. The van der Waals surface area contributed by atoms with Gasteiger partial charge in [0, 0.05) is 25.9 Å². The number of nitrogens with one attached hydrogen (secondary N) is 2. The van der Waals surface area contributed by atoms with Crippen LogP contribution in [0, 0.1) is 0 Å². The van der Waals surface area contributed by atoms with Crippen LogP contribution in [-0.4, -0.2) is 63.5 Å². The Morgan fingerprint density at radius 1 is 1.00 bits per heavy atom.